The van der Waals surface area contributed by atoms with Gasteiger partial charge in [0.05, 0.1) is 18.8 Å². The summed E-state index contributed by atoms with van der Waals surface area (Å²) in [6, 6.07) is 2.46. The molecule has 3 heterocycles. The highest BCUT2D eigenvalue weighted by Crippen LogP contribution is 2.34. The first kappa shape index (κ1) is 16.0. The van der Waals surface area contributed by atoms with Crippen LogP contribution in [0.5, 0.6) is 0 Å². The third-order valence-corrected chi connectivity index (χ3v) is 5.60. The van der Waals surface area contributed by atoms with Crippen LogP contribution in [0.2, 0.25) is 0 Å². The molecule has 122 valence electrons. The van der Waals surface area contributed by atoms with Crippen LogP contribution in [0.15, 0.2) is 16.8 Å². The lowest BCUT2D eigenvalue weighted by Crippen LogP contribution is -2.53. The second kappa shape index (κ2) is 6.69. The van der Waals surface area contributed by atoms with E-state index in [1.807, 2.05) is 21.7 Å². The van der Waals surface area contributed by atoms with Crippen LogP contribution in [0.25, 0.3) is 0 Å². The predicted molar refractivity (Wildman–Crippen MR) is 89.4 cm³/mol. The summed E-state index contributed by atoms with van der Waals surface area (Å²) in [4.78, 5) is 17.2. The molecule has 1 atom stereocenters. The molecular formula is C17H26N2O2S. The lowest BCUT2D eigenvalue weighted by molar-refractivity contribution is 0.00575. The van der Waals surface area contributed by atoms with E-state index in [0.29, 0.717) is 6.04 Å². The van der Waals surface area contributed by atoms with Crippen molar-refractivity contribution in [3.05, 3.63) is 22.4 Å². The number of ether oxygens (including phenoxy) is 1. The second-order valence-corrected chi connectivity index (χ2v) is 7.74. The molecule has 2 fully saturated rings. The topological polar surface area (TPSA) is 32.8 Å². The molecule has 0 N–H and O–H groups in total. The van der Waals surface area contributed by atoms with Crippen molar-refractivity contribution in [2.75, 3.05) is 39.4 Å². The molecule has 22 heavy (non-hydrogen) atoms. The normalized spacial score (nSPS) is 27.3. The first-order chi connectivity index (χ1) is 10.6. The van der Waals surface area contributed by atoms with Crippen LogP contribution in [0.4, 0.5) is 0 Å². The Bertz CT molecular complexity index is 503. The summed E-state index contributed by atoms with van der Waals surface area (Å²) >= 11 is 1.59. The highest BCUT2D eigenvalue weighted by Gasteiger charge is 2.40. The van der Waals surface area contributed by atoms with E-state index in [-0.39, 0.29) is 11.3 Å². The summed E-state index contributed by atoms with van der Waals surface area (Å²) in [7, 11) is 0. The molecule has 0 aliphatic carbocycles. The number of rotatable bonds is 2. The van der Waals surface area contributed by atoms with E-state index >= 15 is 0 Å². The van der Waals surface area contributed by atoms with Crippen molar-refractivity contribution in [2.24, 2.45) is 5.41 Å². The van der Waals surface area contributed by atoms with Crippen molar-refractivity contribution in [1.82, 2.24) is 9.80 Å². The molecule has 1 spiro atoms. The molecule has 2 aliphatic heterocycles. The number of hydrogen-bond acceptors (Lipinski definition) is 4. The van der Waals surface area contributed by atoms with Crippen LogP contribution >= 0.6 is 11.3 Å². The summed E-state index contributed by atoms with van der Waals surface area (Å²) in [5.74, 6) is 0.181. The summed E-state index contributed by atoms with van der Waals surface area (Å²) in [6.07, 6.45) is 2.23. The standard InChI is InChI=1S/C17H26N2O2S/c1-14(2)18-7-8-21-13-17(11-18)5-3-6-19(12-17)16(20)15-4-9-22-10-15/h4,9-10,14H,3,5-8,11-13H2,1-2H3/t17-/m1/s1. The van der Waals surface area contributed by atoms with Gasteiger partial charge in [0.1, 0.15) is 0 Å². The van der Waals surface area contributed by atoms with Crippen molar-refractivity contribution < 1.29 is 9.53 Å². The third-order valence-electron chi connectivity index (χ3n) is 4.92. The van der Waals surface area contributed by atoms with Crippen molar-refractivity contribution in [2.45, 2.75) is 32.7 Å². The predicted octanol–water partition coefficient (Wildman–Crippen LogP) is 2.71. The van der Waals surface area contributed by atoms with E-state index < -0.39 is 0 Å². The van der Waals surface area contributed by atoms with Gasteiger partial charge in [0.15, 0.2) is 0 Å². The zero-order chi connectivity index (χ0) is 15.6. The minimum Gasteiger partial charge on any atom is -0.379 e. The molecule has 1 aromatic rings. The molecule has 5 heteroatoms. The van der Waals surface area contributed by atoms with Gasteiger partial charge in [-0.25, -0.2) is 0 Å². The molecule has 0 unspecified atom stereocenters. The van der Waals surface area contributed by atoms with Crippen molar-refractivity contribution in [1.29, 1.82) is 0 Å². The van der Waals surface area contributed by atoms with Crippen LogP contribution in [0, 0.1) is 5.41 Å². The molecule has 2 aliphatic rings. The fourth-order valence-electron chi connectivity index (χ4n) is 3.66. The summed E-state index contributed by atoms with van der Waals surface area (Å²) in [5, 5.41) is 3.93. The van der Waals surface area contributed by atoms with Crippen LogP contribution in [-0.4, -0.2) is 61.1 Å². The Morgan fingerprint density at radius 3 is 2.95 bits per heavy atom. The number of piperidine rings is 1. The minimum atomic E-state index is 0.102. The number of nitrogens with zero attached hydrogens (tertiary/aromatic N) is 2. The van der Waals surface area contributed by atoms with E-state index in [0.717, 1.165) is 57.8 Å². The van der Waals surface area contributed by atoms with Gasteiger partial charge in [0.25, 0.3) is 5.91 Å². The van der Waals surface area contributed by atoms with Gasteiger partial charge in [-0.3, -0.25) is 9.69 Å². The van der Waals surface area contributed by atoms with Gasteiger partial charge in [-0.15, -0.1) is 0 Å². The largest absolute Gasteiger partial charge is 0.379 e. The molecule has 3 rings (SSSR count). The van der Waals surface area contributed by atoms with Gasteiger partial charge in [0.2, 0.25) is 0 Å². The molecule has 2 saturated heterocycles. The first-order valence-corrected chi connectivity index (χ1v) is 9.17. The Hall–Kier alpha value is -0.910. The van der Waals surface area contributed by atoms with Gasteiger partial charge in [0, 0.05) is 43.0 Å². The SMILES string of the molecule is CC(C)N1CCOC[C@]2(CCCN(C(=O)c3ccsc3)C2)C1. The van der Waals surface area contributed by atoms with E-state index in [9.17, 15) is 4.79 Å². The van der Waals surface area contributed by atoms with Gasteiger partial charge in [-0.1, -0.05) is 0 Å². The molecule has 0 aromatic carbocycles. The van der Waals surface area contributed by atoms with Crippen LogP contribution in [0.3, 0.4) is 0 Å². The number of likely N-dealkylation sites (tertiary alicyclic amines) is 1. The monoisotopic (exact) mass is 322 g/mol. The fourth-order valence-corrected chi connectivity index (χ4v) is 4.29. The summed E-state index contributed by atoms with van der Waals surface area (Å²) in [6.45, 7) is 9.81. The average molecular weight is 322 g/mol. The second-order valence-electron chi connectivity index (χ2n) is 6.96. The molecule has 1 amide bonds. The van der Waals surface area contributed by atoms with Gasteiger partial charge in [-0.2, -0.15) is 11.3 Å². The average Bonchev–Trinajstić information content (AvgIpc) is 2.97. The zero-order valence-corrected chi connectivity index (χ0v) is 14.4. The van der Waals surface area contributed by atoms with E-state index in [2.05, 4.69) is 18.7 Å². The first-order valence-electron chi connectivity index (χ1n) is 8.23. The highest BCUT2D eigenvalue weighted by molar-refractivity contribution is 7.08. The van der Waals surface area contributed by atoms with E-state index in [1.54, 1.807) is 11.3 Å². The lowest BCUT2D eigenvalue weighted by Gasteiger charge is -2.44. The summed E-state index contributed by atoms with van der Waals surface area (Å²) in [5.41, 5.74) is 0.933. The quantitative estimate of drug-likeness (QED) is 0.839. The number of carbonyl (C=O) groups excluding carboxylic acids is 1. The van der Waals surface area contributed by atoms with Gasteiger partial charge < -0.3 is 9.64 Å². The van der Waals surface area contributed by atoms with Crippen molar-refractivity contribution >= 4 is 17.2 Å². The highest BCUT2D eigenvalue weighted by atomic mass is 32.1. The van der Waals surface area contributed by atoms with Crippen molar-refractivity contribution in [3.8, 4) is 0 Å². The molecule has 0 saturated carbocycles. The Morgan fingerprint density at radius 2 is 2.23 bits per heavy atom. The van der Waals surface area contributed by atoms with Crippen LogP contribution in [0.1, 0.15) is 37.0 Å². The van der Waals surface area contributed by atoms with E-state index in [4.69, 9.17) is 4.74 Å². The van der Waals surface area contributed by atoms with Crippen LogP contribution < -0.4 is 0 Å². The number of carbonyl (C=O) groups is 1. The number of thiophene rings is 1. The van der Waals surface area contributed by atoms with Gasteiger partial charge in [-0.05, 0) is 38.1 Å². The summed E-state index contributed by atoms with van der Waals surface area (Å²) < 4.78 is 5.91. The Labute approximate surface area is 137 Å². The maximum Gasteiger partial charge on any atom is 0.254 e. The fraction of sp³-hybridized carbons (Fsp3) is 0.706. The molecule has 1 aromatic heterocycles. The molecular weight excluding hydrogens is 296 g/mol. The van der Waals surface area contributed by atoms with Crippen molar-refractivity contribution in [3.63, 3.8) is 0 Å². The number of hydrogen-bond donors (Lipinski definition) is 0. The Balaban J connectivity index is 1.74. The zero-order valence-electron chi connectivity index (χ0n) is 13.6. The van der Waals surface area contributed by atoms with E-state index in [1.165, 1.54) is 0 Å². The maximum atomic E-state index is 12.7. The van der Waals surface area contributed by atoms with Crippen LogP contribution in [-0.2, 0) is 4.74 Å². The smallest absolute Gasteiger partial charge is 0.254 e. The maximum absolute atomic E-state index is 12.7. The van der Waals surface area contributed by atoms with Gasteiger partial charge >= 0.3 is 0 Å². The Morgan fingerprint density at radius 1 is 1.36 bits per heavy atom. The Kier molecular flexibility index (Phi) is 4.85. The third kappa shape index (κ3) is 3.36. The lowest BCUT2D eigenvalue weighted by atomic mass is 9.79. The minimum absolute atomic E-state index is 0.102. The molecule has 0 radical (unpaired) electrons. The number of amides is 1. The molecule has 0 bridgehead atoms. The molecule has 4 nitrogen and oxygen atoms in total.